The third-order valence-corrected chi connectivity index (χ3v) is 1.65. The molecule has 0 aliphatic carbocycles. The van der Waals surface area contributed by atoms with E-state index in [0.717, 1.165) is 0 Å². The molecule has 0 saturated carbocycles. The van der Waals surface area contributed by atoms with E-state index in [1.54, 1.807) is 0 Å². The van der Waals surface area contributed by atoms with Gasteiger partial charge in [-0.3, -0.25) is 4.79 Å². The average molecular weight is 182 g/mol. The third kappa shape index (κ3) is 1.48. The highest BCUT2D eigenvalue weighted by atomic mass is 16.5. The van der Waals surface area contributed by atoms with Gasteiger partial charge in [-0.1, -0.05) is 0 Å². The molecule has 5 nitrogen and oxygen atoms in total. The number of carbonyl (C=O) groups excluding carboxylic acids is 1. The number of ether oxygens (including phenoxy) is 1. The quantitative estimate of drug-likeness (QED) is 0.564. The van der Waals surface area contributed by atoms with Crippen molar-refractivity contribution in [1.82, 2.24) is 0 Å². The first-order valence-corrected chi connectivity index (χ1v) is 3.53. The molecule has 0 atom stereocenters. The molecule has 1 rings (SSSR count). The average Bonchev–Trinajstić information content (AvgIpc) is 2.04. The lowest BCUT2D eigenvalue weighted by atomic mass is 10.1. The van der Waals surface area contributed by atoms with Crippen molar-refractivity contribution < 1.29 is 14.6 Å². The maximum Gasteiger partial charge on any atom is 0.254 e. The van der Waals surface area contributed by atoms with E-state index in [-0.39, 0.29) is 17.0 Å². The number of nitrogens with two attached hydrogens (primary N) is 2. The maximum atomic E-state index is 10.8. The molecule has 1 aromatic carbocycles. The Morgan fingerprint density at radius 2 is 2.15 bits per heavy atom. The first-order chi connectivity index (χ1) is 6.07. The molecule has 5 N–H and O–H groups in total. The van der Waals surface area contributed by atoms with Gasteiger partial charge in [0.15, 0.2) is 0 Å². The molecule has 0 aromatic heterocycles. The number of anilines is 1. The molecule has 1 amide bonds. The largest absolute Gasteiger partial charge is 0.507 e. The van der Waals surface area contributed by atoms with Crippen molar-refractivity contribution in [2.45, 2.75) is 0 Å². The summed E-state index contributed by atoms with van der Waals surface area (Å²) in [5, 5.41) is 9.25. The molecule has 0 radical (unpaired) electrons. The molecule has 0 aliphatic rings. The monoisotopic (exact) mass is 182 g/mol. The van der Waals surface area contributed by atoms with Gasteiger partial charge in [0.1, 0.15) is 17.1 Å². The Morgan fingerprint density at radius 3 is 2.62 bits per heavy atom. The van der Waals surface area contributed by atoms with Crippen molar-refractivity contribution >= 4 is 11.6 Å². The predicted molar refractivity (Wildman–Crippen MR) is 47.6 cm³/mol. The Kier molecular flexibility index (Phi) is 2.27. The van der Waals surface area contributed by atoms with Crippen molar-refractivity contribution in [2.24, 2.45) is 5.73 Å². The van der Waals surface area contributed by atoms with Gasteiger partial charge in [0, 0.05) is 0 Å². The molecule has 70 valence electrons. The van der Waals surface area contributed by atoms with E-state index in [1.165, 1.54) is 19.2 Å². The van der Waals surface area contributed by atoms with Crippen LogP contribution in [0.25, 0.3) is 0 Å². The van der Waals surface area contributed by atoms with Crippen LogP contribution in [0.2, 0.25) is 0 Å². The Labute approximate surface area is 74.9 Å². The maximum absolute atomic E-state index is 10.8. The number of primary amides is 1. The fourth-order valence-electron chi connectivity index (χ4n) is 1.03. The van der Waals surface area contributed by atoms with Crippen LogP contribution in [-0.4, -0.2) is 18.1 Å². The molecule has 0 aliphatic heterocycles. The summed E-state index contributed by atoms with van der Waals surface area (Å²) in [5.41, 5.74) is 10.5. The molecular weight excluding hydrogens is 172 g/mol. The molecular formula is C8H10N2O3. The van der Waals surface area contributed by atoms with Crippen molar-refractivity contribution in [3.8, 4) is 11.5 Å². The summed E-state index contributed by atoms with van der Waals surface area (Å²) in [7, 11) is 1.41. The van der Waals surface area contributed by atoms with Crippen LogP contribution < -0.4 is 16.2 Å². The van der Waals surface area contributed by atoms with Crippen LogP contribution >= 0.6 is 0 Å². The van der Waals surface area contributed by atoms with E-state index in [9.17, 15) is 9.90 Å². The zero-order valence-electron chi connectivity index (χ0n) is 7.07. The van der Waals surface area contributed by atoms with Crippen LogP contribution in [0.3, 0.4) is 0 Å². The summed E-state index contributed by atoms with van der Waals surface area (Å²) in [6.45, 7) is 0. The van der Waals surface area contributed by atoms with Gasteiger partial charge >= 0.3 is 0 Å². The summed E-state index contributed by atoms with van der Waals surface area (Å²) < 4.78 is 4.85. The number of carbonyl (C=O) groups is 1. The molecule has 0 spiro atoms. The smallest absolute Gasteiger partial charge is 0.254 e. The molecule has 13 heavy (non-hydrogen) atoms. The van der Waals surface area contributed by atoms with E-state index in [4.69, 9.17) is 16.2 Å². The summed E-state index contributed by atoms with van der Waals surface area (Å²) >= 11 is 0. The zero-order valence-corrected chi connectivity index (χ0v) is 7.07. The SMILES string of the molecule is COc1ccc(O)c(C(N)=O)c1N. The minimum Gasteiger partial charge on any atom is -0.507 e. The molecule has 0 unspecified atom stereocenters. The summed E-state index contributed by atoms with van der Waals surface area (Å²) in [4.78, 5) is 10.8. The van der Waals surface area contributed by atoms with E-state index < -0.39 is 5.91 Å². The predicted octanol–water partition coefficient (Wildman–Crippen LogP) is 0.0819. The van der Waals surface area contributed by atoms with E-state index in [1.807, 2.05) is 0 Å². The first kappa shape index (κ1) is 9.18. The number of benzene rings is 1. The minimum absolute atomic E-state index is 0.0509. The highest BCUT2D eigenvalue weighted by molar-refractivity contribution is 6.01. The highest BCUT2D eigenvalue weighted by Gasteiger charge is 2.15. The standard InChI is InChI=1S/C8H10N2O3/c1-13-5-3-2-4(11)6(7(5)9)8(10)12/h2-3,11H,9H2,1H3,(H2,10,12). The molecule has 0 saturated heterocycles. The van der Waals surface area contributed by atoms with Crippen LogP contribution in [0.15, 0.2) is 12.1 Å². The Morgan fingerprint density at radius 1 is 1.54 bits per heavy atom. The number of hydrogen-bond donors (Lipinski definition) is 3. The van der Waals surface area contributed by atoms with Crippen molar-refractivity contribution in [3.63, 3.8) is 0 Å². The van der Waals surface area contributed by atoms with Gasteiger partial charge in [-0.15, -0.1) is 0 Å². The molecule has 0 bridgehead atoms. The van der Waals surface area contributed by atoms with Crippen LogP contribution in [0.4, 0.5) is 5.69 Å². The summed E-state index contributed by atoms with van der Waals surface area (Å²) in [5.74, 6) is -0.716. The van der Waals surface area contributed by atoms with E-state index >= 15 is 0 Å². The van der Waals surface area contributed by atoms with Gasteiger partial charge in [0.05, 0.1) is 12.8 Å². The van der Waals surface area contributed by atoms with Gasteiger partial charge in [-0.2, -0.15) is 0 Å². The normalized spacial score (nSPS) is 9.62. The highest BCUT2D eigenvalue weighted by Crippen LogP contribution is 2.31. The number of nitrogen functional groups attached to an aromatic ring is 1. The third-order valence-electron chi connectivity index (χ3n) is 1.65. The second-order valence-corrected chi connectivity index (χ2v) is 2.44. The topological polar surface area (TPSA) is 98.6 Å². The lowest BCUT2D eigenvalue weighted by Gasteiger charge is -2.08. The van der Waals surface area contributed by atoms with Crippen LogP contribution in [-0.2, 0) is 0 Å². The number of methoxy groups -OCH3 is 1. The fraction of sp³-hybridized carbons (Fsp3) is 0.125. The molecule has 1 aromatic rings. The van der Waals surface area contributed by atoms with Gasteiger partial charge in [0.2, 0.25) is 0 Å². The second-order valence-electron chi connectivity index (χ2n) is 2.44. The Balaban J connectivity index is 3.38. The summed E-state index contributed by atoms with van der Waals surface area (Å²) in [6, 6.07) is 2.76. The van der Waals surface area contributed by atoms with Crippen molar-refractivity contribution in [2.75, 3.05) is 12.8 Å². The zero-order chi connectivity index (χ0) is 10.0. The Hall–Kier alpha value is -1.91. The number of aromatic hydroxyl groups is 1. The van der Waals surface area contributed by atoms with Gasteiger partial charge in [-0.05, 0) is 12.1 Å². The summed E-state index contributed by atoms with van der Waals surface area (Å²) in [6.07, 6.45) is 0. The number of phenols is 1. The molecule has 5 heteroatoms. The van der Waals surface area contributed by atoms with Crippen LogP contribution in [0, 0.1) is 0 Å². The Bertz CT molecular complexity index is 349. The van der Waals surface area contributed by atoms with Gasteiger partial charge in [-0.25, -0.2) is 0 Å². The van der Waals surface area contributed by atoms with Gasteiger partial charge in [0.25, 0.3) is 5.91 Å². The van der Waals surface area contributed by atoms with Crippen molar-refractivity contribution in [3.05, 3.63) is 17.7 Å². The lowest BCUT2D eigenvalue weighted by Crippen LogP contribution is -2.14. The van der Waals surface area contributed by atoms with Gasteiger partial charge < -0.3 is 21.3 Å². The van der Waals surface area contributed by atoms with Crippen LogP contribution in [0.1, 0.15) is 10.4 Å². The second kappa shape index (κ2) is 3.22. The number of rotatable bonds is 2. The van der Waals surface area contributed by atoms with Crippen molar-refractivity contribution in [1.29, 1.82) is 0 Å². The van der Waals surface area contributed by atoms with Crippen LogP contribution in [0.5, 0.6) is 11.5 Å². The van der Waals surface area contributed by atoms with E-state index in [0.29, 0.717) is 5.75 Å². The van der Waals surface area contributed by atoms with E-state index in [2.05, 4.69) is 0 Å². The first-order valence-electron chi connectivity index (χ1n) is 3.53. The molecule has 0 heterocycles. The molecule has 0 fully saturated rings. The fourth-order valence-corrected chi connectivity index (χ4v) is 1.03. The minimum atomic E-state index is -0.783. The lowest BCUT2D eigenvalue weighted by molar-refractivity contribution is 0.0998. The number of hydrogen-bond acceptors (Lipinski definition) is 4. The number of amides is 1.